The van der Waals surface area contributed by atoms with Gasteiger partial charge in [-0.2, -0.15) is 0 Å². The van der Waals surface area contributed by atoms with Crippen LogP contribution in [0.4, 0.5) is 0 Å². The van der Waals surface area contributed by atoms with Crippen LogP contribution in [-0.4, -0.2) is 87.7 Å². The van der Waals surface area contributed by atoms with Crippen molar-refractivity contribution in [3.8, 4) is 5.75 Å². The van der Waals surface area contributed by atoms with Gasteiger partial charge in [-0.3, -0.25) is 19.3 Å². The maximum Gasteiger partial charge on any atom is 0.254 e. The number of ether oxygens (including phenoxy) is 2. The topological polar surface area (TPSA) is 79.4 Å². The Morgan fingerprint density at radius 3 is 2.44 bits per heavy atom. The molecule has 0 aliphatic carbocycles. The number of hydrogen-bond acceptors (Lipinski definition) is 6. The fourth-order valence-electron chi connectivity index (χ4n) is 4.88. The van der Waals surface area contributed by atoms with E-state index in [0.717, 1.165) is 38.4 Å². The Hall–Kier alpha value is -3.04. The van der Waals surface area contributed by atoms with Gasteiger partial charge in [-0.1, -0.05) is 30.3 Å². The van der Waals surface area contributed by atoms with E-state index in [1.807, 2.05) is 12.1 Å². The highest BCUT2D eigenvalue weighted by molar-refractivity contribution is 6.42. The lowest BCUT2D eigenvalue weighted by Gasteiger charge is -2.48. The Labute approximate surface area is 214 Å². The highest BCUT2D eigenvalue weighted by Crippen LogP contribution is 2.41. The van der Waals surface area contributed by atoms with Crippen molar-refractivity contribution >= 4 is 41.4 Å². The Bertz CT molecular complexity index is 1190. The van der Waals surface area contributed by atoms with Gasteiger partial charge in [0.05, 0.1) is 33.0 Å². The zero-order chi connectivity index (χ0) is 25.4. The quantitative estimate of drug-likeness (QED) is 0.449. The van der Waals surface area contributed by atoms with Crippen LogP contribution in [0.5, 0.6) is 5.75 Å². The first-order valence-electron chi connectivity index (χ1n) is 11.9. The van der Waals surface area contributed by atoms with Gasteiger partial charge in [-0.05, 0) is 29.1 Å². The number of piperidine rings is 1. The molecule has 0 aromatic heterocycles. The van der Waals surface area contributed by atoms with Crippen LogP contribution in [0, 0.1) is 0 Å². The molecule has 36 heavy (non-hydrogen) atoms. The number of imide groups is 1. The molecule has 3 amide bonds. The van der Waals surface area contributed by atoms with Crippen LogP contribution in [0.25, 0.3) is 0 Å². The summed E-state index contributed by atoms with van der Waals surface area (Å²) in [6, 6.07) is 13.4. The summed E-state index contributed by atoms with van der Waals surface area (Å²) in [5.41, 5.74) is 1.25. The Morgan fingerprint density at radius 2 is 1.72 bits per heavy atom. The Kier molecular flexibility index (Phi) is 6.70. The third kappa shape index (κ3) is 4.35. The summed E-state index contributed by atoms with van der Waals surface area (Å²) < 4.78 is 11.5. The number of morpholine rings is 1. The molecule has 0 N–H and O–H groups in total. The molecule has 6 radical (unpaired) electrons. The van der Waals surface area contributed by atoms with Gasteiger partial charge < -0.3 is 19.2 Å². The minimum atomic E-state index is -1.94. The van der Waals surface area contributed by atoms with Gasteiger partial charge in [-0.25, -0.2) is 0 Å². The summed E-state index contributed by atoms with van der Waals surface area (Å²) >= 11 is 0. The highest BCUT2D eigenvalue weighted by atomic mass is 16.5. The van der Waals surface area contributed by atoms with Crippen molar-refractivity contribution < 1.29 is 23.9 Å². The summed E-state index contributed by atoms with van der Waals surface area (Å²) in [6.45, 7) is 4.59. The molecule has 0 spiro atoms. The van der Waals surface area contributed by atoms with E-state index < -0.39 is 29.0 Å². The van der Waals surface area contributed by atoms with E-state index >= 15 is 0 Å². The molecular weight excluding hydrogens is 455 g/mol. The summed E-state index contributed by atoms with van der Waals surface area (Å²) in [7, 11) is 18.1. The van der Waals surface area contributed by atoms with E-state index in [1.165, 1.54) is 10.5 Å². The molecule has 11 heteroatoms. The van der Waals surface area contributed by atoms with Gasteiger partial charge in [0.25, 0.3) is 5.91 Å². The van der Waals surface area contributed by atoms with Crippen molar-refractivity contribution in [2.45, 2.75) is 37.4 Å². The molecule has 3 heterocycles. The van der Waals surface area contributed by atoms with Crippen LogP contribution in [0.1, 0.15) is 33.5 Å². The molecule has 3 aliphatic rings. The third-order valence-electron chi connectivity index (χ3n) is 7.09. The van der Waals surface area contributed by atoms with Crippen LogP contribution >= 0.6 is 0 Å². The summed E-state index contributed by atoms with van der Waals surface area (Å²) in [6.07, 6.45) is -0.246. The van der Waals surface area contributed by atoms with Crippen molar-refractivity contribution in [3.63, 3.8) is 0 Å². The number of rotatable bonds is 6. The molecule has 3 aliphatic heterocycles. The van der Waals surface area contributed by atoms with E-state index in [9.17, 15) is 14.4 Å². The van der Waals surface area contributed by atoms with Crippen molar-refractivity contribution in [1.82, 2.24) is 14.6 Å². The molecule has 2 saturated heterocycles. The Morgan fingerprint density at radius 1 is 1.03 bits per heavy atom. The Balaban J connectivity index is 1.29. The molecule has 0 saturated carbocycles. The largest absolute Gasteiger partial charge is 0.489 e. The average Bonchev–Trinajstić information content (AvgIpc) is 3.24. The van der Waals surface area contributed by atoms with Gasteiger partial charge in [0.15, 0.2) is 0 Å². The zero-order valence-corrected chi connectivity index (χ0v) is 19.9. The lowest BCUT2D eigenvalue weighted by molar-refractivity contribution is -0.147. The van der Waals surface area contributed by atoms with Crippen LogP contribution < -0.4 is 4.74 Å². The van der Waals surface area contributed by atoms with E-state index in [0.29, 0.717) is 28.3 Å². The molecule has 178 valence electrons. The summed E-state index contributed by atoms with van der Waals surface area (Å²) in [4.78, 5) is 42.0. The summed E-state index contributed by atoms with van der Waals surface area (Å²) in [5.74, 6) is -2.58. The second-order valence-corrected chi connectivity index (χ2v) is 9.37. The number of carbonyl (C=O) groups is 3. The number of benzene rings is 2. The van der Waals surface area contributed by atoms with Crippen LogP contribution in [0.15, 0.2) is 42.5 Å². The molecule has 2 atom stereocenters. The number of amides is 3. The van der Waals surface area contributed by atoms with E-state index in [1.54, 1.807) is 18.2 Å². The minimum absolute atomic E-state index is 0.0147. The molecule has 0 bridgehead atoms. The predicted octanol–water partition coefficient (Wildman–Crippen LogP) is 0.718. The monoisotopic (exact) mass is 479 g/mol. The molecule has 5 rings (SSSR count). The number of nitrogens with zero attached hydrogens (tertiary/aromatic N) is 3. The maximum absolute atomic E-state index is 13.2. The third-order valence-corrected chi connectivity index (χ3v) is 7.09. The van der Waals surface area contributed by atoms with Crippen molar-refractivity contribution in [2.24, 2.45) is 0 Å². The average molecular weight is 479 g/mol. The highest BCUT2D eigenvalue weighted by Gasteiger charge is 2.53. The first kappa shape index (κ1) is 24.7. The fraction of sp³-hybridized carbons (Fsp3) is 0.400. The predicted molar refractivity (Wildman–Crippen MR) is 133 cm³/mol. The van der Waals surface area contributed by atoms with Crippen molar-refractivity contribution in [2.75, 3.05) is 26.3 Å². The standard InChI is InChI=1S/C25H24B3N3O5/c26-21-12-22(32)31(28)24(34)25(21,27)30-14-19-18(23(30)33)2-1-3-20(19)36-15-17-6-4-16(5-7-17)13-29-8-10-35-11-9-29/h1-7,21H,8-15H2. The van der Waals surface area contributed by atoms with Gasteiger partial charge in [0.2, 0.25) is 19.8 Å². The first-order chi connectivity index (χ1) is 17.3. The molecule has 8 nitrogen and oxygen atoms in total. The summed E-state index contributed by atoms with van der Waals surface area (Å²) in [5, 5.41) is 0. The fourth-order valence-corrected chi connectivity index (χ4v) is 4.88. The molecule has 2 unspecified atom stereocenters. The first-order valence-corrected chi connectivity index (χ1v) is 11.9. The van der Waals surface area contributed by atoms with Gasteiger partial charge >= 0.3 is 0 Å². The maximum atomic E-state index is 13.2. The number of hydrogen-bond donors (Lipinski definition) is 0. The van der Waals surface area contributed by atoms with Crippen LogP contribution in [0.3, 0.4) is 0 Å². The normalized spacial score (nSPS) is 24.8. The second-order valence-electron chi connectivity index (χ2n) is 9.37. The van der Waals surface area contributed by atoms with E-state index in [-0.39, 0.29) is 13.0 Å². The SMILES string of the molecule is [B]C1CC(=O)N([B])C(=O)C1([B])N1Cc2c(OCc3ccc(CN4CCOCC4)cc3)cccc2C1=O. The zero-order valence-electron chi connectivity index (χ0n) is 19.9. The van der Waals surface area contributed by atoms with Crippen molar-refractivity contribution in [3.05, 3.63) is 64.7 Å². The molecular formula is C25H24B3N3O5. The molecule has 2 aromatic carbocycles. The minimum Gasteiger partial charge on any atom is -0.489 e. The lowest BCUT2D eigenvalue weighted by Crippen LogP contribution is -2.66. The van der Waals surface area contributed by atoms with Crippen LogP contribution in [0.2, 0.25) is 5.82 Å². The van der Waals surface area contributed by atoms with Gasteiger partial charge in [0.1, 0.15) is 20.2 Å². The van der Waals surface area contributed by atoms with E-state index in [4.69, 9.17) is 33.1 Å². The second kappa shape index (κ2) is 9.79. The van der Waals surface area contributed by atoms with Crippen molar-refractivity contribution in [1.29, 1.82) is 0 Å². The lowest BCUT2D eigenvalue weighted by atomic mass is 9.55. The molecule has 2 aromatic rings. The number of carbonyl (C=O) groups excluding carboxylic acids is 3. The molecule has 2 fully saturated rings. The van der Waals surface area contributed by atoms with Gasteiger partial charge in [-0.15, -0.1) is 0 Å². The smallest absolute Gasteiger partial charge is 0.254 e. The van der Waals surface area contributed by atoms with Crippen LogP contribution in [-0.2, 0) is 34.0 Å². The van der Waals surface area contributed by atoms with E-state index in [2.05, 4.69) is 17.0 Å². The number of fused-ring (bicyclic) bond motifs is 1. The van der Waals surface area contributed by atoms with Gasteiger partial charge in [0, 0.05) is 37.2 Å².